The van der Waals surface area contributed by atoms with Crippen molar-refractivity contribution in [3.8, 4) is 34.5 Å². The smallest absolute Gasteiger partial charge is 0.161 e. The number of rotatable bonds is 15. The Morgan fingerprint density at radius 1 is 0.273 bits per heavy atom. The first kappa shape index (κ1) is 37.9. The minimum atomic E-state index is 0.695. The van der Waals surface area contributed by atoms with Gasteiger partial charge in [0.05, 0.1) is 42.7 Å². The maximum Gasteiger partial charge on any atom is 0.161 e. The quantitative estimate of drug-likeness (QED) is 0.0975. The van der Waals surface area contributed by atoms with E-state index in [1.165, 1.54) is 0 Å². The molecule has 6 aromatic rings. The van der Waals surface area contributed by atoms with Crippen molar-refractivity contribution in [1.82, 2.24) is 0 Å². The van der Waals surface area contributed by atoms with Gasteiger partial charge in [0.25, 0.3) is 0 Å². The molecule has 0 aromatic heterocycles. The van der Waals surface area contributed by atoms with E-state index >= 15 is 0 Å². The topological polar surface area (TPSA) is 58.6 Å². The van der Waals surface area contributed by atoms with Gasteiger partial charge in [-0.1, -0.05) is 91.1 Å². The van der Waals surface area contributed by atoms with Crippen molar-refractivity contribution in [1.29, 1.82) is 0 Å². The maximum atomic E-state index is 5.48. The molecule has 0 N–H and O–H groups in total. The van der Waals surface area contributed by atoms with E-state index in [4.69, 9.17) is 28.4 Å². The first-order valence-electron chi connectivity index (χ1n) is 17.8. The van der Waals surface area contributed by atoms with Gasteiger partial charge in [-0.15, -0.1) is 0 Å². The number of anilines is 3. The normalized spacial score (nSPS) is 11.2. The summed E-state index contributed by atoms with van der Waals surface area (Å²) in [5.74, 6) is 4.19. The molecule has 55 heavy (non-hydrogen) atoms. The van der Waals surface area contributed by atoms with Gasteiger partial charge in [-0.25, -0.2) is 0 Å². The maximum absolute atomic E-state index is 5.48. The van der Waals surface area contributed by atoms with Gasteiger partial charge in [0, 0.05) is 17.1 Å². The molecule has 6 rings (SSSR count). The van der Waals surface area contributed by atoms with E-state index in [0.29, 0.717) is 34.5 Å². The van der Waals surface area contributed by atoms with E-state index in [1.54, 1.807) is 42.7 Å². The Bertz CT molecular complexity index is 2010. The van der Waals surface area contributed by atoms with Gasteiger partial charge in [0.15, 0.2) is 34.5 Å². The summed E-state index contributed by atoms with van der Waals surface area (Å²) in [5, 5.41) is 0. The fraction of sp³-hybridized carbons (Fsp3) is 0.125. The molecule has 278 valence electrons. The van der Waals surface area contributed by atoms with Crippen LogP contribution in [-0.4, -0.2) is 42.7 Å². The number of methoxy groups -OCH3 is 6. The molecule has 0 saturated carbocycles. The lowest BCUT2D eigenvalue weighted by atomic mass is 10.1. The SMILES string of the molecule is COc1ccc(C=Cc2ccc(N(c3ccc(C=Cc4ccc(OC)c(OC)c4)cc3)c3ccc(C=Cc4ccc(OC)c(OC)c4)cc3)cc2)cc1OC. The van der Waals surface area contributed by atoms with E-state index in [1.807, 2.05) is 54.6 Å². The fourth-order valence-corrected chi connectivity index (χ4v) is 6.10. The third-order valence-corrected chi connectivity index (χ3v) is 9.08. The lowest BCUT2D eigenvalue weighted by molar-refractivity contribution is 0.355. The van der Waals surface area contributed by atoms with E-state index < -0.39 is 0 Å². The number of ether oxygens (including phenoxy) is 6. The molecule has 7 nitrogen and oxygen atoms in total. The van der Waals surface area contributed by atoms with E-state index in [0.717, 1.165) is 50.4 Å². The molecule has 0 aliphatic rings. The second kappa shape index (κ2) is 18.3. The summed E-state index contributed by atoms with van der Waals surface area (Å²) >= 11 is 0. The van der Waals surface area contributed by atoms with Crippen LogP contribution in [0.3, 0.4) is 0 Å². The summed E-state index contributed by atoms with van der Waals surface area (Å²) in [7, 11) is 9.84. The van der Waals surface area contributed by atoms with Crippen molar-refractivity contribution < 1.29 is 28.4 Å². The highest BCUT2D eigenvalue weighted by molar-refractivity contribution is 5.81. The van der Waals surface area contributed by atoms with E-state index in [9.17, 15) is 0 Å². The van der Waals surface area contributed by atoms with Crippen LogP contribution in [0.5, 0.6) is 34.5 Å². The molecule has 7 heteroatoms. The Kier molecular flexibility index (Phi) is 12.6. The zero-order valence-corrected chi connectivity index (χ0v) is 32.0. The van der Waals surface area contributed by atoms with Crippen LogP contribution in [0.25, 0.3) is 36.5 Å². The van der Waals surface area contributed by atoms with Gasteiger partial charge in [-0.05, 0) is 106 Å². The first-order chi connectivity index (χ1) is 26.9. The van der Waals surface area contributed by atoms with Crippen LogP contribution < -0.4 is 33.3 Å². The van der Waals surface area contributed by atoms with Gasteiger partial charge in [0.2, 0.25) is 0 Å². The molecule has 0 unspecified atom stereocenters. The molecular formula is C48H45NO6. The van der Waals surface area contributed by atoms with Crippen LogP contribution in [-0.2, 0) is 0 Å². The van der Waals surface area contributed by atoms with Gasteiger partial charge < -0.3 is 33.3 Å². The summed E-state index contributed by atoms with van der Waals surface area (Å²) < 4.78 is 32.6. The van der Waals surface area contributed by atoms with E-state index in [2.05, 4.69) is 114 Å². The lowest BCUT2D eigenvalue weighted by Crippen LogP contribution is -2.09. The van der Waals surface area contributed by atoms with Crippen LogP contribution >= 0.6 is 0 Å². The average molecular weight is 732 g/mol. The fourth-order valence-electron chi connectivity index (χ4n) is 6.10. The van der Waals surface area contributed by atoms with Crippen LogP contribution in [0.1, 0.15) is 33.4 Å². The molecular weight excluding hydrogens is 687 g/mol. The van der Waals surface area contributed by atoms with Gasteiger partial charge in [-0.2, -0.15) is 0 Å². The third kappa shape index (κ3) is 9.39. The van der Waals surface area contributed by atoms with Crippen molar-refractivity contribution in [2.24, 2.45) is 0 Å². The molecule has 6 aromatic carbocycles. The molecule has 0 amide bonds. The Hall–Kier alpha value is -6.86. The minimum Gasteiger partial charge on any atom is -0.493 e. The molecule has 0 aliphatic heterocycles. The molecule has 0 fully saturated rings. The molecule has 0 bridgehead atoms. The van der Waals surface area contributed by atoms with E-state index in [-0.39, 0.29) is 0 Å². The van der Waals surface area contributed by atoms with Crippen molar-refractivity contribution in [3.05, 3.63) is 161 Å². The monoisotopic (exact) mass is 731 g/mol. The van der Waals surface area contributed by atoms with Crippen molar-refractivity contribution in [3.63, 3.8) is 0 Å². The average Bonchev–Trinajstić information content (AvgIpc) is 3.25. The highest BCUT2D eigenvalue weighted by Crippen LogP contribution is 2.36. The number of hydrogen-bond acceptors (Lipinski definition) is 7. The van der Waals surface area contributed by atoms with Crippen LogP contribution in [0.4, 0.5) is 17.1 Å². The largest absolute Gasteiger partial charge is 0.493 e. The predicted octanol–water partition coefficient (Wildman–Crippen LogP) is 11.7. The molecule has 0 spiro atoms. The summed E-state index contributed by atoms with van der Waals surface area (Å²) in [6.07, 6.45) is 12.5. The third-order valence-electron chi connectivity index (χ3n) is 9.08. The lowest BCUT2D eigenvalue weighted by Gasteiger charge is -2.26. The summed E-state index contributed by atoms with van der Waals surface area (Å²) in [6, 6.07) is 43.3. The highest BCUT2D eigenvalue weighted by atomic mass is 16.5. The minimum absolute atomic E-state index is 0.695. The Balaban J connectivity index is 1.27. The van der Waals surface area contributed by atoms with Gasteiger partial charge >= 0.3 is 0 Å². The Morgan fingerprint density at radius 2 is 0.491 bits per heavy atom. The second-order valence-corrected chi connectivity index (χ2v) is 12.5. The highest BCUT2D eigenvalue weighted by Gasteiger charge is 2.13. The molecule has 0 saturated heterocycles. The first-order valence-corrected chi connectivity index (χ1v) is 17.8. The summed E-state index contributed by atoms with van der Waals surface area (Å²) in [6.45, 7) is 0. The second-order valence-electron chi connectivity index (χ2n) is 12.5. The van der Waals surface area contributed by atoms with Crippen LogP contribution in [0, 0.1) is 0 Å². The zero-order valence-electron chi connectivity index (χ0n) is 32.0. The van der Waals surface area contributed by atoms with Crippen LogP contribution in [0.2, 0.25) is 0 Å². The number of benzene rings is 6. The number of hydrogen-bond donors (Lipinski definition) is 0. The predicted molar refractivity (Wildman–Crippen MR) is 227 cm³/mol. The zero-order chi connectivity index (χ0) is 38.6. The number of nitrogens with zero attached hydrogens (tertiary/aromatic N) is 1. The van der Waals surface area contributed by atoms with Crippen molar-refractivity contribution in [2.45, 2.75) is 0 Å². The molecule has 0 radical (unpaired) electrons. The Labute approximate surface area is 323 Å². The van der Waals surface area contributed by atoms with Crippen molar-refractivity contribution >= 4 is 53.5 Å². The van der Waals surface area contributed by atoms with Gasteiger partial charge in [-0.3, -0.25) is 0 Å². The molecule has 0 heterocycles. The van der Waals surface area contributed by atoms with Gasteiger partial charge in [0.1, 0.15) is 0 Å². The summed E-state index contributed by atoms with van der Waals surface area (Å²) in [4.78, 5) is 2.26. The standard InChI is InChI=1S/C48H45NO6/c1-50-43-28-19-37(31-46(43)53-4)10-7-34-13-22-40(23-14-34)49(41-24-15-35(16-25-41)8-11-38-20-29-44(51-2)47(32-38)54-5)42-26-17-36(18-27-42)9-12-39-21-30-45(52-3)48(33-39)55-6/h7-33H,1-6H3. The van der Waals surface area contributed by atoms with Crippen molar-refractivity contribution in [2.75, 3.05) is 47.6 Å². The Morgan fingerprint density at radius 3 is 0.727 bits per heavy atom. The summed E-state index contributed by atoms with van der Waals surface area (Å²) in [5.41, 5.74) is 9.37. The molecule has 0 aliphatic carbocycles. The molecule has 0 atom stereocenters. The van der Waals surface area contributed by atoms with Crippen LogP contribution in [0.15, 0.2) is 127 Å².